The molecule has 1 aliphatic rings. The molecule has 0 unspecified atom stereocenters. The molecule has 3 aromatic carbocycles. The second-order valence-electron chi connectivity index (χ2n) is 10.2. The van der Waals surface area contributed by atoms with Crippen molar-refractivity contribution in [2.75, 3.05) is 20.3 Å². The lowest BCUT2D eigenvalue weighted by Crippen LogP contribution is -2.31. The highest BCUT2D eigenvalue weighted by atomic mass is 16.5. The standard InChI is InChI=1S/C33H34N2O5/c1-5-40-25-12-10-23(11-13-25)31(36)29-30(22-8-6-21(7-9-22)20(2)3)35(33(38)32(29)37)17-16-24-19-34-28-15-14-26(39-4)18-27(24)28/h6-15,18-20,30,34,36H,5,16-17H2,1-4H3/t30-/m0/s1. The highest BCUT2D eigenvalue weighted by molar-refractivity contribution is 6.46. The van der Waals surface area contributed by atoms with Gasteiger partial charge in [-0.15, -0.1) is 0 Å². The second-order valence-corrected chi connectivity index (χ2v) is 10.2. The van der Waals surface area contributed by atoms with Crippen molar-refractivity contribution in [2.24, 2.45) is 0 Å². The molecule has 206 valence electrons. The molecule has 0 bridgehead atoms. The maximum Gasteiger partial charge on any atom is 0.295 e. The molecular formula is C33H34N2O5. The topological polar surface area (TPSA) is 91.9 Å². The fourth-order valence-electron chi connectivity index (χ4n) is 5.28. The van der Waals surface area contributed by atoms with Crippen LogP contribution in [0.1, 0.15) is 55.0 Å². The van der Waals surface area contributed by atoms with Crippen LogP contribution in [0.25, 0.3) is 16.7 Å². The van der Waals surface area contributed by atoms with Gasteiger partial charge in [-0.3, -0.25) is 9.59 Å². The fraction of sp³-hybridized carbons (Fsp3) is 0.273. The number of nitrogens with zero attached hydrogens (tertiary/aromatic N) is 1. The van der Waals surface area contributed by atoms with Gasteiger partial charge in [-0.2, -0.15) is 0 Å². The van der Waals surface area contributed by atoms with Crippen molar-refractivity contribution in [3.05, 3.63) is 101 Å². The molecule has 40 heavy (non-hydrogen) atoms. The molecule has 4 aromatic rings. The van der Waals surface area contributed by atoms with E-state index in [1.807, 2.05) is 55.6 Å². The molecule has 2 heterocycles. The zero-order valence-corrected chi connectivity index (χ0v) is 23.2. The number of aliphatic hydroxyl groups is 1. The summed E-state index contributed by atoms with van der Waals surface area (Å²) < 4.78 is 10.9. The number of aromatic amines is 1. The maximum atomic E-state index is 13.5. The molecule has 5 rings (SSSR count). The van der Waals surface area contributed by atoms with E-state index in [-0.39, 0.29) is 11.3 Å². The van der Waals surface area contributed by atoms with Crippen LogP contribution in [0.15, 0.2) is 78.5 Å². The monoisotopic (exact) mass is 538 g/mol. The number of carbonyl (C=O) groups is 2. The Hall–Kier alpha value is -4.52. The van der Waals surface area contributed by atoms with Crippen LogP contribution < -0.4 is 9.47 Å². The van der Waals surface area contributed by atoms with Gasteiger partial charge in [0.1, 0.15) is 17.3 Å². The summed E-state index contributed by atoms with van der Waals surface area (Å²) in [6.07, 6.45) is 2.44. The summed E-state index contributed by atoms with van der Waals surface area (Å²) in [7, 11) is 1.63. The van der Waals surface area contributed by atoms with Crippen molar-refractivity contribution in [3.8, 4) is 11.5 Å². The largest absolute Gasteiger partial charge is 0.507 e. The number of ether oxygens (including phenoxy) is 2. The number of ketones is 1. The van der Waals surface area contributed by atoms with Gasteiger partial charge < -0.3 is 24.5 Å². The van der Waals surface area contributed by atoms with Crippen molar-refractivity contribution >= 4 is 28.4 Å². The number of rotatable bonds is 9. The van der Waals surface area contributed by atoms with Crippen LogP contribution in [0.4, 0.5) is 0 Å². The summed E-state index contributed by atoms with van der Waals surface area (Å²) in [5.41, 5.74) is 4.45. The first-order chi connectivity index (χ1) is 19.3. The van der Waals surface area contributed by atoms with E-state index in [1.54, 1.807) is 36.3 Å². The van der Waals surface area contributed by atoms with E-state index in [4.69, 9.17) is 9.47 Å². The van der Waals surface area contributed by atoms with E-state index in [0.717, 1.165) is 33.3 Å². The van der Waals surface area contributed by atoms with E-state index < -0.39 is 17.7 Å². The predicted octanol–water partition coefficient (Wildman–Crippen LogP) is 6.36. The molecule has 1 fully saturated rings. The summed E-state index contributed by atoms with van der Waals surface area (Å²) in [5, 5.41) is 12.4. The van der Waals surface area contributed by atoms with E-state index >= 15 is 0 Å². The molecule has 0 radical (unpaired) electrons. The minimum atomic E-state index is -0.715. The van der Waals surface area contributed by atoms with E-state index in [1.165, 1.54) is 0 Å². The smallest absolute Gasteiger partial charge is 0.295 e. The number of aromatic nitrogens is 1. The molecule has 7 nitrogen and oxygen atoms in total. The minimum absolute atomic E-state index is 0.0899. The third kappa shape index (κ3) is 5.07. The summed E-state index contributed by atoms with van der Waals surface area (Å²) in [6.45, 7) is 6.94. The van der Waals surface area contributed by atoms with Crippen LogP contribution in [-0.2, 0) is 16.0 Å². The summed E-state index contributed by atoms with van der Waals surface area (Å²) >= 11 is 0. The Labute approximate surface area is 234 Å². The second kappa shape index (κ2) is 11.3. The number of likely N-dealkylation sites (tertiary alicyclic amines) is 1. The number of nitrogens with one attached hydrogen (secondary N) is 1. The van der Waals surface area contributed by atoms with Gasteiger partial charge >= 0.3 is 0 Å². The molecule has 7 heteroatoms. The number of carbonyl (C=O) groups excluding carboxylic acids is 2. The lowest BCUT2D eigenvalue weighted by molar-refractivity contribution is -0.139. The molecule has 0 aliphatic carbocycles. The molecule has 0 spiro atoms. The number of fused-ring (bicyclic) bond motifs is 1. The van der Waals surface area contributed by atoms with Crippen molar-refractivity contribution in [1.29, 1.82) is 0 Å². The number of H-pyrrole nitrogens is 1. The van der Waals surface area contributed by atoms with E-state index in [9.17, 15) is 14.7 Å². The van der Waals surface area contributed by atoms with Crippen LogP contribution in [0.5, 0.6) is 11.5 Å². The number of amides is 1. The third-order valence-corrected chi connectivity index (χ3v) is 7.49. The Bertz CT molecular complexity index is 1560. The summed E-state index contributed by atoms with van der Waals surface area (Å²) in [6, 6.07) is 19.9. The number of aliphatic hydroxyl groups excluding tert-OH is 1. The summed E-state index contributed by atoms with van der Waals surface area (Å²) in [4.78, 5) is 31.8. The van der Waals surface area contributed by atoms with Crippen LogP contribution in [-0.4, -0.2) is 46.9 Å². The Balaban J connectivity index is 1.54. The average Bonchev–Trinajstić information content (AvgIpc) is 3.49. The molecule has 1 aliphatic heterocycles. The zero-order chi connectivity index (χ0) is 28.4. The number of methoxy groups -OCH3 is 1. The zero-order valence-electron chi connectivity index (χ0n) is 23.2. The third-order valence-electron chi connectivity index (χ3n) is 7.49. The van der Waals surface area contributed by atoms with Crippen molar-refractivity contribution in [1.82, 2.24) is 9.88 Å². The van der Waals surface area contributed by atoms with Gasteiger partial charge in [-0.1, -0.05) is 38.1 Å². The average molecular weight is 539 g/mol. The Morgan fingerprint density at radius 3 is 2.35 bits per heavy atom. The Morgan fingerprint density at radius 1 is 1.00 bits per heavy atom. The Morgan fingerprint density at radius 2 is 1.70 bits per heavy atom. The first-order valence-electron chi connectivity index (χ1n) is 13.6. The molecule has 1 amide bonds. The lowest BCUT2D eigenvalue weighted by Gasteiger charge is -2.25. The summed E-state index contributed by atoms with van der Waals surface area (Å²) in [5.74, 6) is 0.236. The van der Waals surface area contributed by atoms with E-state index in [0.29, 0.717) is 36.8 Å². The van der Waals surface area contributed by atoms with Crippen molar-refractivity contribution in [3.63, 3.8) is 0 Å². The lowest BCUT2D eigenvalue weighted by atomic mass is 9.93. The number of benzene rings is 3. The number of Topliss-reactive ketones (excluding diaryl/α,β-unsaturated/α-hetero) is 1. The highest BCUT2D eigenvalue weighted by Crippen LogP contribution is 2.40. The van der Waals surface area contributed by atoms with Crippen LogP contribution >= 0.6 is 0 Å². The van der Waals surface area contributed by atoms with Gasteiger partial charge in [0, 0.05) is 29.2 Å². The quantitative estimate of drug-likeness (QED) is 0.147. The molecule has 2 N–H and O–H groups in total. The van der Waals surface area contributed by atoms with Gasteiger partial charge in [0.2, 0.25) is 0 Å². The van der Waals surface area contributed by atoms with Crippen molar-refractivity contribution in [2.45, 2.75) is 39.2 Å². The molecule has 1 saturated heterocycles. The number of hydrogen-bond donors (Lipinski definition) is 2. The van der Waals surface area contributed by atoms with Crippen molar-refractivity contribution < 1.29 is 24.2 Å². The predicted molar refractivity (Wildman–Crippen MR) is 156 cm³/mol. The van der Waals surface area contributed by atoms with Crippen LogP contribution in [0.2, 0.25) is 0 Å². The first kappa shape index (κ1) is 27.1. The normalized spacial score (nSPS) is 16.7. The first-order valence-corrected chi connectivity index (χ1v) is 13.6. The minimum Gasteiger partial charge on any atom is -0.507 e. The highest BCUT2D eigenvalue weighted by Gasteiger charge is 2.45. The maximum absolute atomic E-state index is 13.5. The van der Waals surface area contributed by atoms with Gasteiger partial charge in [0.15, 0.2) is 0 Å². The fourth-order valence-corrected chi connectivity index (χ4v) is 5.28. The molecule has 1 aromatic heterocycles. The molecular weight excluding hydrogens is 504 g/mol. The van der Waals surface area contributed by atoms with Crippen LogP contribution in [0.3, 0.4) is 0 Å². The van der Waals surface area contributed by atoms with Crippen LogP contribution in [0, 0.1) is 0 Å². The SMILES string of the molecule is CCOc1ccc(C(O)=C2C(=O)C(=O)N(CCc3c[nH]c4ccc(OC)cc34)[C@H]2c2ccc(C(C)C)cc2)cc1. The number of hydrogen-bond acceptors (Lipinski definition) is 5. The Kier molecular flexibility index (Phi) is 7.65. The van der Waals surface area contributed by atoms with E-state index in [2.05, 4.69) is 18.8 Å². The van der Waals surface area contributed by atoms with Gasteiger partial charge in [-0.05, 0) is 78.4 Å². The van der Waals surface area contributed by atoms with Gasteiger partial charge in [0.05, 0.1) is 25.3 Å². The molecule has 1 atom stereocenters. The molecule has 0 saturated carbocycles. The van der Waals surface area contributed by atoms with Gasteiger partial charge in [-0.25, -0.2) is 0 Å². The van der Waals surface area contributed by atoms with Gasteiger partial charge in [0.25, 0.3) is 11.7 Å².